The normalized spacial score (nSPS) is 26.9. The van der Waals surface area contributed by atoms with Crippen molar-refractivity contribution in [2.24, 2.45) is 0 Å². The van der Waals surface area contributed by atoms with Crippen LogP contribution in [0.25, 0.3) is 0 Å². The molecule has 3 saturated heterocycles. The lowest BCUT2D eigenvalue weighted by Crippen LogP contribution is -2.42. The third-order valence-electron chi connectivity index (χ3n) is 4.98. The Morgan fingerprint density at radius 2 is 2.00 bits per heavy atom. The van der Waals surface area contributed by atoms with Crippen LogP contribution in [0.1, 0.15) is 29.8 Å². The highest BCUT2D eigenvalue weighted by Gasteiger charge is 2.38. The molecule has 1 N–H and O–H groups in total. The first-order valence-electron chi connectivity index (χ1n) is 8.46. The molecular weight excluding hydrogens is 310 g/mol. The number of nitrogens with zero attached hydrogens (tertiary/aromatic N) is 4. The molecule has 0 radical (unpaired) electrons. The van der Waals surface area contributed by atoms with Gasteiger partial charge in [-0.2, -0.15) is 0 Å². The molecule has 24 heavy (non-hydrogen) atoms. The average Bonchev–Trinajstić information content (AvgIpc) is 2.94. The van der Waals surface area contributed by atoms with Crippen molar-refractivity contribution < 1.29 is 14.3 Å². The summed E-state index contributed by atoms with van der Waals surface area (Å²) in [5.74, 6) is 0.669. The Kier molecular flexibility index (Phi) is 4.05. The summed E-state index contributed by atoms with van der Waals surface area (Å²) in [7, 11) is 0. The number of carbonyl (C=O) groups is 2. The Balaban J connectivity index is 1.58. The third-order valence-corrected chi connectivity index (χ3v) is 4.98. The van der Waals surface area contributed by atoms with Crippen LogP contribution in [-0.4, -0.2) is 71.6 Å². The number of ether oxygens (including phenoxy) is 1. The van der Waals surface area contributed by atoms with Crippen molar-refractivity contribution in [3.05, 3.63) is 18.1 Å². The summed E-state index contributed by atoms with van der Waals surface area (Å²) in [6.07, 6.45) is 5.68. The van der Waals surface area contributed by atoms with Crippen molar-refractivity contribution >= 4 is 17.6 Å². The Labute approximate surface area is 140 Å². The molecule has 2 amide bonds. The minimum absolute atomic E-state index is 0.0840. The molecule has 0 unspecified atom stereocenters. The van der Waals surface area contributed by atoms with Gasteiger partial charge in [-0.05, 0) is 12.8 Å². The van der Waals surface area contributed by atoms with Gasteiger partial charge in [0.2, 0.25) is 5.91 Å². The second kappa shape index (κ2) is 6.35. The third kappa shape index (κ3) is 2.82. The largest absolute Gasteiger partial charge is 0.378 e. The van der Waals surface area contributed by atoms with Crippen molar-refractivity contribution in [1.82, 2.24) is 20.2 Å². The number of hydrogen-bond donors (Lipinski definition) is 1. The van der Waals surface area contributed by atoms with Crippen molar-refractivity contribution in [3.8, 4) is 0 Å². The number of carbonyl (C=O) groups excluding carboxylic acids is 2. The van der Waals surface area contributed by atoms with Crippen molar-refractivity contribution in [3.63, 3.8) is 0 Å². The molecule has 2 atom stereocenters. The minimum Gasteiger partial charge on any atom is -0.378 e. The van der Waals surface area contributed by atoms with Crippen molar-refractivity contribution in [1.29, 1.82) is 0 Å². The van der Waals surface area contributed by atoms with E-state index in [9.17, 15) is 9.59 Å². The first-order chi connectivity index (χ1) is 11.7. The summed E-state index contributed by atoms with van der Waals surface area (Å²) >= 11 is 0. The van der Waals surface area contributed by atoms with Gasteiger partial charge in [-0.15, -0.1) is 0 Å². The summed E-state index contributed by atoms with van der Waals surface area (Å²) in [5, 5.41) is 2.95. The lowest BCUT2D eigenvalue weighted by molar-refractivity contribution is -0.121. The molecule has 1 aromatic rings. The zero-order chi connectivity index (χ0) is 16.5. The summed E-state index contributed by atoms with van der Waals surface area (Å²) in [6, 6.07) is 0.366. The summed E-state index contributed by atoms with van der Waals surface area (Å²) < 4.78 is 5.29. The zero-order valence-electron chi connectivity index (χ0n) is 13.5. The van der Waals surface area contributed by atoms with E-state index in [2.05, 4.69) is 20.2 Å². The van der Waals surface area contributed by atoms with Gasteiger partial charge in [0.25, 0.3) is 5.91 Å². The Morgan fingerprint density at radius 3 is 2.83 bits per heavy atom. The molecule has 0 aliphatic carbocycles. The highest BCUT2D eigenvalue weighted by atomic mass is 16.5. The van der Waals surface area contributed by atoms with Crippen LogP contribution < -0.4 is 10.2 Å². The molecule has 8 heteroatoms. The Hall–Kier alpha value is -2.22. The predicted molar refractivity (Wildman–Crippen MR) is 85.7 cm³/mol. The molecular formula is C16H21N5O3. The van der Waals surface area contributed by atoms with Crippen LogP contribution in [0.5, 0.6) is 0 Å². The van der Waals surface area contributed by atoms with Crippen LogP contribution in [0.4, 0.5) is 5.82 Å². The smallest absolute Gasteiger partial charge is 0.274 e. The first-order valence-corrected chi connectivity index (χ1v) is 8.46. The second-order valence-corrected chi connectivity index (χ2v) is 6.47. The molecule has 0 saturated carbocycles. The van der Waals surface area contributed by atoms with Crippen LogP contribution in [0, 0.1) is 0 Å². The molecule has 8 nitrogen and oxygen atoms in total. The van der Waals surface area contributed by atoms with Gasteiger partial charge in [-0.3, -0.25) is 14.6 Å². The lowest BCUT2D eigenvalue weighted by Gasteiger charge is -2.29. The van der Waals surface area contributed by atoms with E-state index in [4.69, 9.17) is 4.74 Å². The number of morpholine rings is 1. The number of amides is 2. The van der Waals surface area contributed by atoms with Crippen molar-refractivity contribution in [2.75, 3.05) is 37.7 Å². The Morgan fingerprint density at radius 1 is 1.21 bits per heavy atom. The van der Waals surface area contributed by atoms with Gasteiger partial charge in [-0.25, -0.2) is 4.98 Å². The van der Waals surface area contributed by atoms with Crippen LogP contribution in [0.3, 0.4) is 0 Å². The van der Waals surface area contributed by atoms with Crippen molar-refractivity contribution in [2.45, 2.75) is 31.3 Å². The highest BCUT2D eigenvalue weighted by molar-refractivity contribution is 5.92. The predicted octanol–water partition coefficient (Wildman–Crippen LogP) is -0.194. The molecule has 0 aromatic carbocycles. The number of anilines is 1. The molecule has 2 bridgehead atoms. The van der Waals surface area contributed by atoms with Gasteiger partial charge < -0.3 is 19.9 Å². The van der Waals surface area contributed by atoms with E-state index in [1.165, 1.54) is 6.20 Å². The highest BCUT2D eigenvalue weighted by Crippen LogP contribution is 2.32. The van der Waals surface area contributed by atoms with E-state index in [1.807, 2.05) is 0 Å². The van der Waals surface area contributed by atoms with Gasteiger partial charge in [0.15, 0.2) is 0 Å². The number of rotatable bonds is 2. The molecule has 4 heterocycles. The van der Waals surface area contributed by atoms with Crippen LogP contribution >= 0.6 is 0 Å². The fourth-order valence-corrected chi connectivity index (χ4v) is 3.77. The molecule has 1 aromatic heterocycles. The SMILES string of the molecule is O=C1C[C@H]2CC[C@@H](CN1)N2c1cncc(C(=O)N2CCOCC2)n1. The minimum atomic E-state index is -0.107. The maximum Gasteiger partial charge on any atom is 0.274 e. The fourth-order valence-electron chi connectivity index (χ4n) is 3.77. The van der Waals surface area contributed by atoms with E-state index in [0.717, 1.165) is 12.8 Å². The number of fused-ring (bicyclic) bond motifs is 2. The van der Waals surface area contributed by atoms with Crippen LogP contribution in [0.15, 0.2) is 12.4 Å². The van der Waals surface area contributed by atoms with E-state index < -0.39 is 0 Å². The van der Waals surface area contributed by atoms with Gasteiger partial charge in [-0.1, -0.05) is 0 Å². The lowest BCUT2D eigenvalue weighted by atomic mass is 10.1. The van der Waals surface area contributed by atoms with Gasteiger partial charge in [0, 0.05) is 38.1 Å². The van der Waals surface area contributed by atoms with Gasteiger partial charge in [0.1, 0.15) is 11.5 Å². The first kappa shape index (κ1) is 15.3. The summed E-state index contributed by atoms with van der Waals surface area (Å²) in [4.78, 5) is 37.1. The fraction of sp³-hybridized carbons (Fsp3) is 0.625. The average molecular weight is 331 g/mol. The summed E-state index contributed by atoms with van der Waals surface area (Å²) in [5.41, 5.74) is 0.359. The molecule has 3 aliphatic heterocycles. The second-order valence-electron chi connectivity index (χ2n) is 6.47. The monoisotopic (exact) mass is 331 g/mol. The standard InChI is InChI=1S/C16H21N5O3/c22-15-7-11-1-2-12(8-18-15)21(11)14-10-17-9-13(19-14)16(23)20-3-5-24-6-4-20/h9-12H,1-8H2,(H,18,22)/t11-,12+/m1/s1. The molecule has 4 rings (SSSR count). The maximum absolute atomic E-state index is 12.6. The quantitative estimate of drug-likeness (QED) is 0.808. The molecule has 0 spiro atoms. The number of hydrogen-bond acceptors (Lipinski definition) is 6. The molecule has 3 aliphatic rings. The zero-order valence-corrected chi connectivity index (χ0v) is 13.5. The summed E-state index contributed by atoms with van der Waals surface area (Å²) in [6.45, 7) is 2.90. The van der Waals surface area contributed by atoms with Gasteiger partial charge >= 0.3 is 0 Å². The maximum atomic E-state index is 12.6. The van der Waals surface area contributed by atoms with E-state index >= 15 is 0 Å². The molecule has 128 valence electrons. The Bertz CT molecular complexity index is 646. The topological polar surface area (TPSA) is 87.7 Å². The molecule has 3 fully saturated rings. The number of nitrogens with one attached hydrogen (secondary N) is 1. The van der Waals surface area contributed by atoms with E-state index in [0.29, 0.717) is 50.8 Å². The number of aromatic nitrogens is 2. The van der Waals surface area contributed by atoms with Crippen LogP contribution in [0.2, 0.25) is 0 Å². The van der Waals surface area contributed by atoms with E-state index in [-0.39, 0.29) is 23.9 Å². The van der Waals surface area contributed by atoms with Gasteiger partial charge in [0.05, 0.1) is 25.6 Å². The van der Waals surface area contributed by atoms with Crippen LogP contribution in [-0.2, 0) is 9.53 Å². The van der Waals surface area contributed by atoms with E-state index in [1.54, 1.807) is 11.1 Å².